The van der Waals surface area contributed by atoms with E-state index in [9.17, 15) is 9.18 Å². The lowest BCUT2D eigenvalue weighted by Crippen LogP contribution is -2.42. The van der Waals surface area contributed by atoms with Crippen LogP contribution in [-0.2, 0) is 27.5 Å². The summed E-state index contributed by atoms with van der Waals surface area (Å²) in [5, 5.41) is 7.16. The van der Waals surface area contributed by atoms with Crippen molar-refractivity contribution in [2.75, 3.05) is 0 Å². The van der Waals surface area contributed by atoms with Gasteiger partial charge in [-0.05, 0) is 71.3 Å². The molecule has 6 heteroatoms. The average molecular weight is 683 g/mol. The molecule has 0 saturated heterocycles. The molecule has 2 N–H and O–H groups in total. The standard InChI is InChI=1S/C45H47FN2O3/c1-5-14-31(2)23-39-42(43-40(27-45(3,4)28-41(43)49)48-44(39)47-36-20-13-12-19-35(46)25-36)34-21-22-37(50-29-32-15-8-6-9-16-32)26-38(24-34)51-30-33-17-10-7-11-18-33/h5-13,15-18,20-22,24-25,42,47-48H,1-2,14,19,23,26-30H2,3-4H3. The summed E-state index contributed by atoms with van der Waals surface area (Å²) < 4.78 is 27.6. The van der Waals surface area contributed by atoms with Crippen LogP contribution in [0.1, 0.15) is 63.5 Å². The first-order valence-corrected chi connectivity index (χ1v) is 17.7. The summed E-state index contributed by atoms with van der Waals surface area (Å²) in [6.07, 6.45) is 18.0. The maximum atomic E-state index is 14.7. The lowest BCUT2D eigenvalue weighted by molar-refractivity contribution is -0.118. The number of nitrogens with one attached hydrogen (secondary N) is 2. The van der Waals surface area contributed by atoms with Crippen molar-refractivity contribution < 1.29 is 18.7 Å². The van der Waals surface area contributed by atoms with Gasteiger partial charge in [0.25, 0.3) is 0 Å². The Hall–Kier alpha value is -5.36. The predicted octanol–water partition coefficient (Wildman–Crippen LogP) is 10.4. The number of carbonyl (C=O) groups is 1. The van der Waals surface area contributed by atoms with Crippen LogP contribution in [0.2, 0.25) is 0 Å². The Labute approximate surface area is 301 Å². The van der Waals surface area contributed by atoms with Gasteiger partial charge in [0.15, 0.2) is 5.78 Å². The highest BCUT2D eigenvalue weighted by Gasteiger charge is 2.42. The van der Waals surface area contributed by atoms with E-state index in [0.717, 1.165) is 56.5 Å². The largest absolute Gasteiger partial charge is 0.493 e. The molecule has 0 aromatic heterocycles. The minimum Gasteiger partial charge on any atom is -0.493 e. The van der Waals surface area contributed by atoms with Gasteiger partial charge in [0.05, 0.1) is 6.42 Å². The number of halogens is 1. The number of hydrogen-bond acceptors (Lipinski definition) is 5. The number of rotatable bonds is 13. The minimum atomic E-state index is -0.412. The first kappa shape index (κ1) is 35.5. The second kappa shape index (κ2) is 16.1. The highest BCUT2D eigenvalue weighted by molar-refractivity contribution is 5.99. The fraction of sp³-hybridized carbons (Fsp3) is 0.267. The Balaban J connectivity index is 1.47. The summed E-state index contributed by atoms with van der Waals surface area (Å²) in [5.41, 5.74) is 6.97. The van der Waals surface area contributed by atoms with Crippen LogP contribution in [0, 0.1) is 11.3 Å². The van der Waals surface area contributed by atoms with E-state index < -0.39 is 5.92 Å². The molecule has 2 aromatic rings. The van der Waals surface area contributed by atoms with Gasteiger partial charge < -0.3 is 20.1 Å². The summed E-state index contributed by atoms with van der Waals surface area (Å²) in [6.45, 7) is 13.4. The Morgan fingerprint density at radius 2 is 1.65 bits per heavy atom. The third kappa shape index (κ3) is 9.26. The zero-order chi connectivity index (χ0) is 35.8. The van der Waals surface area contributed by atoms with Crippen molar-refractivity contribution in [1.29, 1.82) is 0 Å². The molecule has 262 valence electrons. The summed E-state index contributed by atoms with van der Waals surface area (Å²) in [6, 6.07) is 20.2. The van der Waals surface area contributed by atoms with E-state index >= 15 is 0 Å². The van der Waals surface area contributed by atoms with Gasteiger partial charge >= 0.3 is 0 Å². The summed E-state index contributed by atoms with van der Waals surface area (Å²) in [7, 11) is 0. The second-order valence-electron chi connectivity index (χ2n) is 14.3. The molecule has 1 atom stereocenters. The van der Waals surface area contributed by atoms with Crippen molar-refractivity contribution in [2.45, 2.75) is 65.6 Å². The van der Waals surface area contributed by atoms with Crippen molar-refractivity contribution in [3.8, 4) is 0 Å². The third-order valence-electron chi connectivity index (χ3n) is 9.34. The minimum absolute atomic E-state index is 0.113. The van der Waals surface area contributed by atoms with Crippen LogP contribution in [0.4, 0.5) is 4.39 Å². The molecule has 3 aliphatic carbocycles. The van der Waals surface area contributed by atoms with Crippen molar-refractivity contribution in [2.24, 2.45) is 11.3 Å². The van der Waals surface area contributed by atoms with Gasteiger partial charge in [0.2, 0.25) is 0 Å². The molecule has 0 radical (unpaired) electrons. The van der Waals surface area contributed by atoms with Crippen LogP contribution in [0.25, 0.3) is 0 Å². The maximum Gasteiger partial charge on any atom is 0.162 e. The van der Waals surface area contributed by atoms with Crippen molar-refractivity contribution in [1.82, 2.24) is 10.6 Å². The van der Waals surface area contributed by atoms with Crippen LogP contribution in [0.15, 0.2) is 179 Å². The predicted molar refractivity (Wildman–Crippen MR) is 203 cm³/mol. The number of ether oxygens (including phenoxy) is 2. The van der Waals surface area contributed by atoms with Gasteiger partial charge in [-0.1, -0.05) is 111 Å². The van der Waals surface area contributed by atoms with Gasteiger partial charge in [0, 0.05) is 35.7 Å². The average Bonchev–Trinajstić information content (AvgIpc) is 3.44. The van der Waals surface area contributed by atoms with Crippen molar-refractivity contribution in [3.05, 3.63) is 190 Å². The number of allylic oxidation sites excluding steroid dienone is 14. The van der Waals surface area contributed by atoms with E-state index in [4.69, 9.17) is 9.47 Å². The Morgan fingerprint density at radius 1 is 0.961 bits per heavy atom. The molecule has 0 spiro atoms. The zero-order valence-electron chi connectivity index (χ0n) is 29.6. The quantitative estimate of drug-likeness (QED) is 0.206. The van der Waals surface area contributed by atoms with E-state index in [1.807, 2.05) is 85.0 Å². The Bertz CT molecular complexity index is 1920. The number of benzene rings is 2. The van der Waals surface area contributed by atoms with Gasteiger partial charge in [-0.3, -0.25) is 4.79 Å². The number of Topliss-reactive ketones (excluding diaryl/α,β-unsaturated/α-hetero) is 1. The molecule has 0 saturated carbocycles. The number of dihydropyridines is 1. The molecule has 0 fully saturated rings. The third-order valence-corrected chi connectivity index (χ3v) is 9.34. The molecule has 4 aliphatic rings. The highest BCUT2D eigenvalue weighted by Crippen LogP contribution is 2.47. The fourth-order valence-corrected chi connectivity index (χ4v) is 6.97. The van der Waals surface area contributed by atoms with Crippen molar-refractivity contribution >= 4 is 5.78 Å². The van der Waals surface area contributed by atoms with Gasteiger partial charge in [-0.25, -0.2) is 4.39 Å². The maximum absolute atomic E-state index is 14.7. The molecule has 5 nitrogen and oxygen atoms in total. The lowest BCUT2D eigenvalue weighted by Gasteiger charge is -2.41. The number of hydrogen-bond donors (Lipinski definition) is 2. The number of carbonyl (C=O) groups excluding carboxylic acids is 1. The second-order valence-corrected chi connectivity index (χ2v) is 14.3. The lowest BCUT2D eigenvalue weighted by atomic mass is 9.68. The summed E-state index contributed by atoms with van der Waals surface area (Å²) >= 11 is 0. The monoisotopic (exact) mass is 682 g/mol. The zero-order valence-corrected chi connectivity index (χ0v) is 29.6. The number of ketones is 1. The van der Waals surface area contributed by atoms with Crippen LogP contribution in [-0.4, -0.2) is 5.78 Å². The smallest absolute Gasteiger partial charge is 0.162 e. The Morgan fingerprint density at radius 3 is 2.33 bits per heavy atom. The summed E-state index contributed by atoms with van der Waals surface area (Å²) in [5.74, 6) is 1.71. The van der Waals surface area contributed by atoms with E-state index in [0.29, 0.717) is 51.0 Å². The molecule has 0 amide bonds. The molecular weight excluding hydrogens is 636 g/mol. The topological polar surface area (TPSA) is 59.6 Å². The Kier molecular flexibility index (Phi) is 11.2. The molecular formula is C45H47FN2O3. The first-order valence-electron chi connectivity index (χ1n) is 17.7. The van der Waals surface area contributed by atoms with E-state index in [-0.39, 0.29) is 23.4 Å². The molecule has 2 aromatic carbocycles. The van der Waals surface area contributed by atoms with Gasteiger partial charge in [-0.2, -0.15) is 0 Å². The molecule has 1 heterocycles. The molecule has 1 aliphatic heterocycles. The van der Waals surface area contributed by atoms with Crippen LogP contribution in [0.3, 0.4) is 0 Å². The van der Waals surface area contributed by atoms with E-state index in [2.05, 4.69) is 49.8 Å². The fourth-order valence-electron chi connectivity index (χ4n) is 6.97. The normalized spacial score (nSPS) is 19.9. The molecule has 0 bridgehead atoms. The summed E-state index contributed by atoms with van der Waals surface area (Å²) in [4.78, 5) is 14.3. The van der Waals surface area contributed by atoms with Crippen LogP contribution in [0.5, 0.6) is 0 Å². The molecule has 51 heavy (non-hydrogen) atoms. The van der Waals surface area contributed by atoms with Crippen LogP contribution >= 0.6 is 0 Å². The van der Waals surface area contributed by atoms with Gasteiger partial charge in [-0.15, -0.1) is 6.58 Å². The van der Waals surface area contributed by atoms with Crippen LogP contribution < -0.4 is 10.6 Å². The highest BCUT2D eigenvalue weighted by atomic mass is 19.1. The van der Waals surface area contributed by atoms with Gasteiger partial charge in [0.1, 0.15) is 36.4 Å². The molecule has 6 rings (SSSR count). The van der Waals surface area contributed by atoms with Crippen molar-refractivity contribution in [3.63, 3.8) is 0 Å². The van der Waals surface area contributed by atoms with E-state index in [1.165, 1.54) is 6.08 Å². The van der Waals surface area contributed by atoms with E-state index in [1.54, 1.807) is 6.08 Å². The first-order chi connectivity index (χ1) is 24.7. The SMILES string of the molecule is C=CCC(=C)CC1=C(NC2=CC=CCC(F)=C2)NC2=C(C(=O)CC(C)(C)C2)C1C1=CC=C(OCc2ccccc2)CC(OCc2ccccc2)=C1. The molecule has 1 unspecified atom stereocenters.